The molecule has 0 radical (unpaired) electrons. The Balaban J connectivity index is 1.52. The van der Waals surface area contributed by atoms with Gasteiger partial charge in [-0.3, -0.25) is 4.79 Å². The molecule has 1 atom stereocenters. The lowest BCUT2D eigenvalue weighted by molar-refractivity contribution is -0.135. The SMILES string of the molecule is COc1ccc(CCC(=O)N2CCCCC2c2ccnc3cc(C)nn23)cc1. The third-order valence-electron chi connectivity index (χ3n) is 5.46. The molecule has 1 saturated heterocycles. The first-order valence-corrected chi connectivity index (χ1v) is 9.89. The van der Waals surface area contributed by atoms with Gasteiger partial charge in [-0.05, 0) is 56.4 Å². The van der Waals surface area contributed by atoms with Crippen LogP contribution in [0, 0.1) is 6.92 Å². The summed E-state index contributed by atoms with van der Waals surface area (Å²) in [6.07, 6.45) is 6.20. The number of fused-ring (bicyclic) bond motifs is 1. The fraction of sp³-hybridized carbons (Fsp3) is 0.409. The number of piperidine rings is 1. The predicted octanol–water partition coefficient (Wildman–Crippen LogP) is 3.73. The maximum Gasteiger partial charge on any atom is 0.223 e. The molecule has 6 heteroatoms. The van der Waals surface area contributed by atoms with Crippen LogP contribution in [0.4, 0.5) is 0 Å². The number of methoxy groups -OCH3 is 1. The Hall–Kier alpha value is -2.89. The van der Waals surface area contributed by atoms with Crippen molar-refractivity contribution >= 4 is 11.6 Å². The van der Waals surface area contributed by atoms with Gasteiger partial charge in [0.05, 0.1) is 24.5 Å². The summed E-state index contributed by atoms with van der Waals surface area (Å²) in [6, 6.07) is 12.0. The second-order valence-electron chi connectivity index (χ2n) is 7.37. The highest BCUT2D eigenvalue weighted by molar-refractivity contribution is 5.77. The van der Waals surface area contributed by atoms with Crippen molar-refractivity contribution in [1.29, 1.82) is 0 Å². The minimum Gasteiger partial charge on any atom is -0.497 e. The van der Waals surface area contributed by atoms with E-state index in [1.54, 1.807) is 7.11 Å². The Morgan fingerprint density at radius 2 is 2.04 bits per heavy atom. The van der Waals surface area contributed by atoms with Crippen LogP contribution in [-0.2, 0) is 11.2 Å². The van der Waals surface area contributed by atoms with Crippen LogP contribution < -0.4 is 4.74 Å². The normalized spacial score (nSPS) is 17.1. The molecule has 3 aromatic rings. The summed E-state index contributed by atoms with van der Waals surface area (Å²) in [5, 5.41) is 4.60. The predicted molar refractivity (Wildman–Crippen MR) is 107 cm³/mol. The molecule has 0 bridgehead atoms. The third-order valence-corrected chi connectivity index (χ3v) is 5.46. The van der Waals surface area contributed by atoms with Gasteiger partial charge in [-0.25, -0.2) is 9.50 Å². The summed E-state index contributed by atoms with van der Waals surface area (Å²) in [6.45, 7) is 2.77. The first-order chi connectivity index (χ1) is 13.7. The number of benzene rings is 1. The quantitative estimate of drug-likeness (QED) is 0.679. The lowest BCUT2D eigenvalue weighted by Gasteiger charge is -2.36. The number of carbonyl (C=O) groups is 1. The summed E-state index contributed by atoms with van der Waals surface area (Å²) >= 11 is 0. The average molecular weight is 378 g/mol. The van der Waals surface area contributed by atoms with Gasteiger partial charge in [0.25, 0.3) is 0 Å². The van der Waals surface area contributed by atoms with Crippen molar-refractivity contribution in [3.8, 4) is 5.75 Å². The molecule has 0 saturated carbocycles. The van der Waals surface area contributed by atoms with Crippen LogP contribution in [0.5, 0.6) is 5.75 Å². The lowest BCUT2D eigenvalue weighted by Crippen LogP contribution is -2.39. The van der Waals surface area contributed by atoms with Gasteiger partial charge >= 0.3 is 0 Å². The molecular weight excluding hydrogens is 352 g/mol. The molecule has 1 aliphatic heterocycles. The Morgan fingerprint density at radius 3 is 2.82 bits per heavy atom. The van der Waals surface area contributed by atoms with E-state index in [-0.39, 0.29) is 11.9 Å². The molecule has 1 amide bonds. The van der Waals surface area contributed by atoms with Crippen LogP contribution in [-0.4, -0.2) is 39.1 Å². The van der Waals surface area contributed by atoms with E-state index in [2.05, 4.69) is 10.1 Å². The Bertz CT molecular complexity index is 964. The summed E-state index contributed by atoms with van der Waals surface area (Å²) in [4.78, 5) is 19.5. The first-order valence-electron chi connectivity index (χ1n) is 9.89. The van der Waals surface area contributed by atoms with Gasteiger partial charge in [0.2, 0.25) is 5.91 Å². The smallest absolute Gasteiger partial charge is 0.223 e. The molecule has 0 aliphatic carbocycles. The maximum atomic E-state index is 13.1. The molecule has 2 aromatic heterocycles. The molecule has 1 aromatic carbocycles. The summed E-state index contributed by atoms with van der Waals surface area (Å²) in [5.74, 6) is 1.04. The van der Waals surface area contributed by atoms with E-state index in [0.717, 1.165) is 60.6 Å². The Labute approximate surface area is 165 Å². The number of aryl methyl sites for hydroxylation is 2. The minimum absolute atomic E-state index is 0.0573. The van der Waals surface area contributed by atoms with Crippen molar-refractivity contribution in [3.05, 3.63) is 59.5 Å². The van der Waals surface area contributed by atoms with Crippen molar-refractivity contribution in [2.75, 3.05) is 13.7 Å². The van der Waals surface area contributed by atoms with Gasteiger partial charge < -0.3 is 9.64 Å². The van der Waals surface area contributed by atoms with E-state index < -0.39 is 0 Å². The van der Waals surface area contributed by atoms with Gasteiger partial charge in [0.15, 0.2) is 5.65 Å². The van der Waals surface area contributed by atoms with Gasteiger partial charge in [0.1, 0.15) is 5.75 Å². The van der Waals surface area contributed by atoms with Crippen molar-refractivity contribution in [2.45, 2.75) is 45.1 Å². The monoisotopic (exact) mass is 378 g/mol. The molecule has 4 rings (SSSR count). The van der Waals surface area contributed by atoms with Gasteiger partial charge in [-0.15, -0.1) is 0 Å². The number of hydrogen-bond acceptors (Lipinski definition) is 4. The molecule has 1 fully saturated rings. The zero-order valence-electron chi connectivity index (χ0n) is 16.5. The largest absolute Gasteiger partial charge is 0.497 e. The van der Waals surface area contributed by atoms with Gasteiger partial charge in [0, 0.05) is 25.2 Å². The summed E-state index contributed by atoms with van der Waals surface area (Å²) in [5.41, 5.74) is 3.98. The number of amides is 1. The molecular formula is C22H26N4O2. The standard InChI is InChI=1S/C22H26N4O2/c1-16-15-21-23-13-12-20(26(21)24-16)19-5-3-4-14-25(19)22(27)11-8-17-6-9-18(28-2)10-7-17/h6-7,9-10,12-13,15,19H,3-5,8,11,14H2,1-2H3. The van der Waals surface area contributed by atoms with Crippen LogP contribution >= 0.6 is 0 Å². The zero-order valence-corrected chi connectivity index (χ0v) is 16.5. The van der Waals surface area contributed by atoms with Crippen molar-refractivity contribution < 1.29 is 9.53 Å². The van der Waals surface area contributed by atoms with Crippen LogP contribution in [0.3, 0.4) is 0 Å². The number of hydrogen-bond donors (Lipinski definition) is 0. The number of aromatic nitrogens is 3. The second-order valence-corrected chi connectivity index (χ2v) is 7.37. The Morgan fingerprint density at radius 1 is 1.21 bits per heavy atom. The topological polar surface area (TPSA) is 59.7 Å². The van der Waals surface area contributed by atoms with Gasteiger partial charge in [-0.2, -0.15) is 5.10 Å². The highest BCUT2D eigenvalue weighted by Crippen LogP contribution is 2.31. The number of rotatable bonds is 5. The van der Waals surface area contributed by atoms with E-state index in [0.29, 0.717) is 6.42 Å². The lowest BCUT2D eigenvalue weighted by atomic mass is 9.98. The Kier molecular flexibility index (Phi) is 5.28. The minimum atomic E-state index is 0.0573. The van der Waals surface area contributed by atoms with Crippen LogP contribution in [0.1, 0.15) is 48.7 Å². The molecule has 0 spiro atoms. The zero-order chi connectivity index (χ0) is 19.5. The second kappa shape index (κ2) is 8.00. The molecule has 0 N–H and O–H groups in total. The number of likely N-dealkylation sites (tertiary alicyclic amines) is 1. The van der Waals surface area contributed by atoms with E-state index in [1.807, 2.05) is 58.9 Å². The molecule has 28 heavy (non-hydrogen) atoms. The van der Waals surface area contributed by atoms with Crippen molar-refractivity contribution in [2.24, 2.45) is 0 Å². The first kappa shape index (κ1) is 18.5. The fourth-order valence-electron chi connectivity index (χ4n) is 4.01. The van der Waals surface area contributed by atoms with Crippen LogP contribution in [0.2, 0.25) is 0 Å². The summed E-state index contributed by atoms with van der Waals surface area (Å²) < 4.78 is 7.10. The molecule has 1 unspecified atom stereocenters. The molecule has 3 heterocycles. The van der Waals surface area contributed by atoms with E-state index >= 15 is 0 Å². The highest BCUT2D eigenvalue weighted by Gasteiger charge is 2.29. The fourth-order valence-corrected chi connectivity index (χ4v) is 4.01. The van der Waals surface area contributed by atoms with Gasteiger partial charge in [-0.1, -0.05) is 12.1 Å². The van der Waals surface area contributed by atoms with E-state index in [9.17, 15) is 4.79 Å². The van der Waals surface area contributed by atoms with Crippen molar-refractivity contribution in [1.82, 2.24) is 19.5 Å². The average Bonchev–Trinajstić information content (AvgIpc) is 3.12. The summed E-state index contributed by atoms with van der Waals surface area (Å²) in [7, 11) is 1.66. The number of ether oxygens (including phenoxy) is 1. The highest BCUT2D eigenvalue weighted by atomic mass is 16.5. The molecule has 1 aliphatic rings. The van der Waals surface area contributed by atoms with Crippen LogP contribution in [0.25, 0.3) is 5.65 Å². The van der Waals surface area contributed by atoms with E-state index in [1.165, 1.54) is 0 Å². The van der Waals surface area contributed by atoms with Crippen LogP contribution in [0.15, 0.2) is 42.6 Å². The van der Waals surface area contributed by atoms with E-state index in [4.69, 9.17) is 4.74 Å². The number of nitrogens with zero attached hydrogens (tertiary/aromatic N) is 4. The number of carbonyl (C=O) groups excluding carboxylic acids is 1. The maximum absolute atomic E-state index is 13.1. The third kappa shape index (κ3) is 3.72. The molecule has 6 nitrogen and oxygen atoms in total. The molecule has 146 valence electrons. The van der Waals surface area contributed by atoms with Crippen molar-refractivity contribution in [3.63, 3.8) is 0 Å².